The van der Waals surface area contributed by atoms with Crippen molar-refractivity contribution in [3.8, 4) is 0 Å². The van der Waals surface area contributed by atoms with Crippen LogP contribution in [0.5, 0.6) is 0 Å². The van der Waals surface area contributed by atoms with Crippen molar-refractivity contribution in [3.05, 3.63) is 11.6 Å². The number of hydrogen-bond donors (Lipinski definition) is 1. The molecule has 76 valence electrons. The molecule has 0 radical (unpaired) electrons. The van der Waals surface area contributed by atoms with E-state index in [0.29, 0.717) is 0 Å². The van der Waals surface area contributed by atoms with E-state index in [1.807, 2.05) is 7.05 Å². The Morgan fingerprint density at radius 3 is 3.00 bits per heavy atom. The van der Waals surface area contributed by atoms with E-state index in [9.17, 15) is 4.79 Å². The fraction of sp³-hybridized carbons (Fsp3) is 0.625. The van der Waals surface area contributed by atoms with Crippen LogP contribution in [0.25, 0.3) is 0 Å². The molecule has 0 aliphatic carbocycles. The number of likely N-dealkylation sites (N-methyl/N-ethyl adjacent to an activating group) is 1. The van der Waals surface area contributed by atoms with Crippen LogP contribution >= 0.6 is 0 Å². The summed E-state index contributed by atoms with van der Waals surface area (Å²) in [4.78, 5) is 17.6. The number of nitrogens with zero attached hydrogens (tertiary/aromatic N) is 4. The molecule has 0 spiro atoms. The molecule has 6 nitrogen and oxygen atoms in total. The van der Waals surface area contributed by atoms with Crippen molar-refractivity contribution in [2.24, 2.45) is 0 Å². The highest BCUT2D eigenvalue weighted by Gasteiger charge is 2.19. The third-order valence-electron chi connectivity index (χ3n) is 2.28. The Morgan fingerprint density at radius 2 is 2.29 bits per heavy atom. The monoisotopic (exact) mass is 195 g/mol. The summed E-state index contributed by atoms with van der Waals surface area (Å²) >= 11 is 0. The Kier molecular flexibility index (Phi) is 2.20. The number of hydrogen-bond acceptors (Lipinski definition) is 4. The Bertz CT molecular complexity index is 359. The molecule has 0 unspecified atom stereocenters. The zero-order valence-corrected chi connectivity index (χ0v) is 8.32. The summed E-state index contributed by atoms with van der Waals surface area (Å²) in [6, 6.07) is 0. The third-order valence-corrected chi connectivity index (χ3v) is 2.28. The van der Waals surface area contributed by atoms with Gasteiger partial charge in [-0.25, -0.2) is 9.67 Å². The van der Waals surface area contributed by atoms with E-state index in [1.54, 1.807) is 11.7 Å². The number of aromatic nitrogens is 3. The van der Waals surface area contributed by atoms with Crippen molar-refractivity contribution in [1.82, 2.24) is 25.0 Å². The SMILES string of the molecule is CNC(=O)c1nc2n(n1)CCN(C)C2. The normalized spacial score (nSPS) is 16.4. The summed E-state index contributed by atoms with van der Waals surface area (Å²) in [5.74, 6) is 0.893. The van der Waals surface area contributed by atoms with Crippen LogP contribution in [-0.4, -0.2) is 46.2 Å². The van der Waals surface area contributed by atoms with E-state index >= 15 is 0 Å². The number of carbonyl (C=O) groups excluding carboxylic acids is 1. The molecule has 0 saturated carbocycles. The van der Waals surface area contributed by atoms with Crippen molar-refractivity contribution >= 4 is 5.91 Å². The molecule has 1 aliphatic rings. The maximum atomic E-state index is 11.2. The molecule has 14 heavy (non-hydrogen) atoms. The van der Waals surface area contributed by atoms with Crippen molar-refractivity contribution in [2.45, 2.75) is 13.1 Å². The molecular weight excluding hydrogens is 182 g/mol. The van der Waals surface area contributed by atoms with E-state index in [4.69, 9.17) is 0 Å². The smallest absolute Gasteiger partial charge is 0.290 e. The van der Waals surface area contributed by atoms with Crippen molar-refractivity contribution < 1.29 is 4.79 Å². The molecule has 0 saturated heterocycles. The molecule has 1 N–H and O–H groups in total. The first-order valence-electron chi connectivity index (χ1n) is 4.55. The van der Waals surface area contributed by atoms with Crippen LogP contribution in [0.1, 0.15) is 16.4 Å². The van der Waals surface area contributed by atoms with E-state index in [0.717, 1.165) is 25.5 Å². The van der Waals surface area contributed by atoms with Gasteiger partial charge in [0.25, 0.3) is 5.91 Å². The van der Waals surface area contributed by atoms with Gasteiger partial charge in [0.1, 0.15) is 5.82 Å². The number of nitrogens with one attached hydrogen (secondary N) is 1. The predicted octanol–water partition coefficient (Wildman–Crippen LogP) is -0.917. The molecule has 0 aromatic carbocycles. The molecule has 0 atom stereocenters. The maximum absolute atomic E-state index is 11.2. The standard InChI is InChI=1S/C8H13N5O/c1-9-8(14)7-10-6-5-12(2)3-4-13(6)11-7/h3-5H2,1-2H3,(H,9,14). The maximum Gasteiger partial charge on any atom is 0.290 e. The zero-order valence-electron chi connectivity index (χ0n) is 8.32. The Balaban J connectivity index is 2.27. The minimum Gasteiger partial charge on any atom is -0.352 e. The zero-order chi connectivity index (χ0) is 10.1. The topological polar surface area (TPSA) is 63.1 Å². The highest BCUT2D eigenvalue weighted by atomic mass is 16.2. The van der Waals surface area contributed by atoms with Gasteiger partial charge >= 0.3 is 0 Å². The van der Waals surface area contributed by atoms with Gasteiger partial charge in [-0.3, -0.25) is 9.69 Å². The molecule has 0 bridgehead atoms. The van der Waals surface area contributed by atoms with Gasteiger partial charge in [-0.15, -0.1) is 5.10 Å². The van der Waals surface area contributed by atoms with Crippen molar-refractivity contribution in [3.63, 3.8) is 0 Å². The third kappa shape index (κ3) is 1.48. The second kappa shape index (κ2) is 3.38. The van der Waals surface area contributed by atoms with Gasteiger partial charge < -0.3 is 5.32 Å². The highest BCUT2D eigenvalue weighted by molar-refractivity contribution is 5.90. The van der Waals surface area contributed by atoms with Crippen LogP contribution in [0.2, 0.25) is 0 Å². The number of fused-ring (bicyclic) bond motifs is 1. The molecule has 1 aromatic heterocycles. The van der Waals surface area contributed by atoms with Gasteiger partial charge in [0.15, 0.2) is 0 Å². The van der Waals surface area contributed by atoms with Gasteiger partial charge in [-0.1, -0.05) is 0 Å². The minimum absolute atomic E-state index is 0.227. The van der Waals surface area contributed by atoms with E-state index in [2.05, 4.69) is 20.3 Å². The lowest BCUT2D eigenvalue weighted by molar-refractivity contribution is 0.0952. The molecular formula is C8H13N5O. The first-order chi connectivity index (χ1) is 6.70. The average molecular weight is 195 g/mol. The van der Waals surface area contributed by atoms with E-state index < -0.39 is 0 Å². The van der Waals surface area contributed by atoms with E-state index in [-0.39, 0.29) is 11.7 Å². The first-order valence-corrected chi connectivity index (χ1v) is 4.55. The first kappa shape index (κ1) is 9.14. The molecule has 1 aliphatic heterocycles. The van der Waals surface area contributed by atoms with Crippen molar-refractivity contribution in [2.75, 3.05) is 20.6 Å². The molecule has 2 rings (SSSR count). The Labute approximate surface area is 81.9 Å². The summed E-state index contributed by atoms with van der Waals surface area (Å²) in [6.07, 6.45) is 0. The molecule has 0 fully saturated rings. The summed E-state index contributed by atoms with van der Waals surface area (Å²) in [7, 11) is 3.60. The van der Waals surface area contributed by atoms with Crippen LogP contribution in [-0.2, 0) is 13.1 Å². The molecule has 2 heterocycles. The highest BCUT2D eigenvalue weighted by Crippen LogP contribution is 2.07. The number of rotatable bonds is 1. The van der Waals surface area contributed by atoms with Crippen LogP contribution in [0.15, 0.2) is 0 Å². The number of carbonyl (C=O) groups is 1. The van der Waals surface area contributed by atoms with Crippen LogP contribution in [0.4, 0.5) is 0 Å². The summed E-state index contributed by atoms with van der Waals surface area (Å²) < 4.78 is 1.80. The minimum atomic E-state index is -0.227. The van der Waals surface area contributed by atoms with Gasteiger partial charge in [-0.05, 0) is 7.05 Å². The van der Waals surface area contributed by atoms with Gasteiger partial charge in [0.2, 0.25) is 5.82 Å². The van der Waals surface area contributed by atoms with Crippen LogP contribution in [0, 0.1) is 0 Å². The lowest BCUT2D eigenvalue weighted by atomic mass is 10.4. The lowest BCUT2D eigenvalue weighted by Crippen LogP contribution is -2.30. The largest absolute Gasteiger partial charge is 0.352 e. The van der Waals surface area contributed by atoms with Gasteiger partial charge in [0.05, 0.1) is 13.1 Å². The Morgan fingerprint density at radius 1 is 1.50 bits per heavy atom. The van der Waals surface area contributed by atoms with Crippen LogP contribution in [0.3, 0.4) is 0 Å². The predicted molar refractivity (Wildman–Crippen MR) is 49.7 cm³/mol. The number of amides is 1. The fourth-order valence-corrected chi connectivity index (χ4v) is 1.46. The van der Waals surface area contributed by atoms with Crippen LogP contribution < -0.4 is 5.32 Å². The van der Waals surface area contributed by atoms with Gasteiger partial charge in [-0.2, -0.15) is 0 Å². The molecule has 1 amide bonds. The summed E-state index contributed by atoms with van der Waals surface area (Å²) in [5, 5.41) is 6.63. The van der Waals surface area contributed by atoms with Gasteiger partial charge in [0, 0.05) is 13.6 Å². The van der Waals surface area contributed by atoms with Crippen molar-refractivity contribution in [1.29, 1.82) is 0 Å². The Hall–Kier alpha value is -1.43. The second-order valence-corrected chi connectivity index (χ2v) is 3.39. The summed E-state index contributed by atoms with van der Waals surface area (Å²) in [6.45, 7) is 2.50. The second-order valence-electron chi connectivity index (χ2n) is 3.39. The quantitative estimate of drug-likeness (QED) is 0.629. The molecule has 6 heteroatoms. The average Bonchev–Trinajstić information content (AvgIpc) is 2.59. The lowest BCUT2D eigenvalue weighted by Gasteiger charge is -2.21. The molecule has 1 aromatic rings. The fourth-order valence-electron chi connectivity index (χ4n) is 1.46. The summed E-state index contributed by atoms with van der Waals surface area (Å²) in [5.41, 5.74) is 0. The van der Waals surface area contributed by atoms with E-state index in [1.165, 1.54) is 0 Å².